The third-order valence-electron chi connectivity index (χ3n) is 3.31. The summed E-state index contributed by atoms with van der Waals surface area (Å²) in [6, 6.07) is 7.14. The summed E-state index contributed by atoms with van der Waals surface area (Å²) in [6.07, 6.45) is 2.86. The van der Waals surface area contributed by atoms with E-state index in [9.17, 15) is 9.18 Å². The number of anilines is 1. The van der Waals surface area contributed by atoms with E-state index in [-0.39, 0.29) is 17.5 Å². The molecule has 0 bridgehead atoms. The Kier molecular flexibility index (Phi) is 5.45. The molecule has 1 aromatic heterocycles. The van der Waals surface area contributed by atoms with Gasteiger partial charge in [-0.05, 0) is 30.9 Å². The van der Waals surface area contributed by atoms with Gasteiger partial charge in [-0.3, -0.25) is 4.79 Å². The van der Waals surface area contributed by atoms with Crippen LogP contribution in [0, 0.1) is 5.82 Å². The lowest BCUT2D eigenvalue weighted by molar-refractivity contribution is -0.118. The van der Waals surface area contributed by atoms with Crippen molar-refractivity contribution in [2.75, 3.05) is 17.6 Å². The lowest BCUT2D eigenvalue weighted by atomic mass is 10.1. The Morgan fingerprint density at radius 1 is 1.35 bits per heavy atom. The van der Waals surface area contributed by atoms with Gasteiger partial charge in [0.1, 0.15) is 5.82 Å². The zero-order valence-electron chi connectivity index (χ0n) is 12.4. The monoisotopic (exact) mass is 352 g/mol. The van der Waals surface area contributed by atoms with E-state index < -0.39 is 0 Å². The van der Waals surface area contributed by atoms with Gasteiger partial charge >= 0.3 is 0 Å². The molecule has 1 saturated carbocycles. The van der Waals surface area contributed by atoms with Gasteiger partial charge in [0.2, 0.25) is 11.0 Å². The molecule has 1 aliphatic carbocycles. The zero-order valence-corrected chi connectivity index (χ0v) is 14.1. The van der Waals surface area contributed by atoms with Crippen molar-refractivity contribution >= 4 is 34.1 Å². The fourth-order valence-corrected chi connectivity index (χ4v) is 3.60. The van der Waals surface area contributed by atoms with Gasteiger partial charge in [0, 0.05) is 12.6 Å². The zero-order chi connectivity index (χ0) is 16.1. The van der Waals surface area contributed by atoms with Crippen LogP contribution in [0.25, 0.3) is 0 Å². The summed E-state index contributed by atoms with van der Waals surface area (Å²) in [5.74, 6) is -0.0334. The van der Waals surface area contributed by atoms with Crippen molar-refractivity contribution in [2.24, 2.45) is 0 Å². The number of hydrogen-bond donors (Lipinski definition) is 2. The van der Waals surface area contributed by atoms with Crippen molar-refractivity contribution in [3.8, 4) is 0 Å². The van der Waals surface area contributed by atoms with Gasteiger partial charge in [0.15, 0.2) is 4.34 Å². The van der Waals surface area contributed by atoms with Crippen LogP contribution in [0.15, 0.2) is 28.6 Å². The Morgan fingerprint density at radius 3 is 2.96 bits per heavy atom. The second-order valence-electron chi connectivity index (χ2n) is 5.27. The SMILES string of the molecule is O=C(CSc1nnc(NC2CC2)s1)NCCc1ccccc1F. The van der Waals surface area contributed by atoms with Crippen LogP contribution in [0.2, 0.25) is 0 Å². The molecule has 2 aromatic rings. The molecule has 1 fully saturated rings. The molecule has 0 saturated heterocycles. The number of rotatable bonds is 8. The molecule has 2 N–H and O–H groups in total. The first-order valence-corrected chi connectivity index (χ1v) is 9.24. The lowest BCUT2D eigenvalue weighted by Crippen LogP contribution is -2.27. The van der Waals surface area contributed by atoms with Crippen LogP contribution in [0.4, 0.5) is 9.52 Å². The van der Waals surface area contributed by atoms with E-state index in [2.05, 4.69) is 20.8 Å². The predicted molar refractivity (Wildman–Crippen MR) is 90.4 cm³/mol. The van der Waals surface area contributed by atoms with Crippen LogP contribution in [0.3, 0.4) is 0 Å². The summed E-state index contributed by atoms with van der Waals surface area (Å²) in [5.41, 5.74) is 0.611. The van der Waals surface area contributed by atoms with Gasteiger partial charge in [0.05, 0.1) is 5.75 Å². The summed E-state index contributed by atoms with van der Waals surface area (Å²) in [5, 5.41) is 15.0. The van der Waals surface area contributed by atoms with Crippen LogP contribution in [0.1, 0.15) is 18.4 Å². The number of carbonyl (C=O) groups excluding carboxylic acids is 1. The number of thioether (sulfide) groups is 1. The Bertz CT molecular complexity index is 675. The molecule has 3 rings (SSSR count). The molecule has 0 radical (unpaired) electrons. The van der Waals surface area contributed by atoms with Crippen LogP contribution in [-0.4, -0.2) is 34.4 Å². The second kappa shape index (κ2) is 7.74. The average Bonchev–Trinajstić information content (AvgIpc) is 3.24. The number of aromatic nitrogens is 2. The van der Waals surface area contributed by atoms with Crippen LogP contribution < -0.4 is 10.6 Å². The van der Waals surface area contributed by atoms with E-state index in [1.54, 1.807) is 18.2 Å². The fraction of sp³-hybridized carbons (Fsp3) is 0.400. The van der Waals surface area contributed by atoms with Gasteiger partial charge in [-0.25, -0.2) is 4.39 Å². The molecule has 23 heavy (non-hydrogen) atoms. The van der Waals surface area contributed by atoms with E-state index in [1.165, 1.54) is 42.0 Å². The van der Waals surface area contributed by atoms with Crippen LogP contribution >= 0.6 is 23.1 Å². The van der Waals surface area contributed by atoms with Gasteiger partial charge in [-0.2, -0.15) is 0 Å². The number of benzene rings is 1. The molecule has 0 unspecified atom stereocenters. The van der Waals surface area contributed by atoms with E-state index in [4.69, 9.17) is 0 Å². The molecule has 5 nitrogen and oxygen atoms in total. The van der Waals surface area contributed by atoms with E-state index >= 15 is 0 Å². The predicted octanol–water partition coefficient (Wildman–Crippen LogP) is 2.70. The van der Waals surface area contributed by atoms with Crippen molar-refractivity contribution in [2.45, 2.75) is 29.6 Å². The molecule has 0 spiro atoms. The van der Waals surface area contributed by atoms with Crippen LogP contribution in [-0.2, 0) is 11.2 Å². The quantitative estimate of drug-likeness (QED) is 0.715. The summed E-state index contributed by atoms with van der Waals surface area (Å²) >= 11 is 2.83. The minimum atomic E-state index is -0.235. The van der Waals surface area contributed by atoms with Gasteiger partial charge < -0.3 is 10.6 Å². The number of nitrogens with one attached hydrogen (secondary N) is 2. The van der Waals surface area contributed by atoms with E-state index in [0.717, 1.165) is 9.47 Å². The normalized spacial score (nSPS) is 13.8. The number of hydrogen-bond acceptors (Lipinski definition) is 6. The Balaban J connectivity index is 1.36. The summed E-state index contributed by atoms with van der Waals surface area (Å²) in [7, 11) is 0. The molecule has 8 heteroatoms. The fourth-order valence-electron chi connectivity index (χ4n) is 1.94. The number of halogens is 1. The highest BCUT2D eigenvalue weighted by atomic mass is 32.2. The third kappa shape index (κ3) is 5.18. The molecule has 1 amide bonds. The van der Waals surface area contributed by atoms with Crippen molar-refractivity contribution in [3.63, 3.8) is 0 Å². The molecule has 0 aliphatic heterocycles. The molecular weight excluding hydrogens is 335 g/mol. The van der Waals surface area contributed by atoms with Crippen molar-refractivity contribution in [1.82, 2.24) is 15.5 Å². The van der Waals surface area contributed by atoms with E-state index in [0.29, 0.717) is 24.6 Å². The van der Waals surface area contributed by atoms with Crippen molar-refractivity contribution in [3.05, 3.63) is 35.6 Å². The topological polar surface area (TPSA) is 66.9 Å². The standard InChI is InChI=1S/C15H17FN4OS2/c16-12-4-2-1-3-10(12)7-8-17-13(21)9-22-15-20-19-14(23-15)18-11-5-6-11/h1-4,11H,5-9H2,(H,17,21)(H,18,19). The summed E-state index contributed by atoms with van der Waals surface area (Å²) in [4.78, 5) is 11.8. The number of nitrogens with zero attached hydrogens (tertiary/aromatic N) is 2. The summed E-state index contributed by atoms with van der Waals surface area (Å²) < 4.78 is 14.2. The molecule has 1 aromatic carbocycles. The molecule has 0 atom stereocenters. The Hall–Kier alpha value is -1.67. The Labute approximate surface area is 142 Å². The Morgan fingerprint density at radius 2 is 2.17 bits per heavy atom. The molecular formula is C15H17FN4OS2. The lowest BCUT2D eigenvalue weighted by Gasteiger charge is -2.05. The first-order chi connectivity index (χ1) is 11.2. The first-order valence-electron chi connectivity index (χ1n) is 7.43. The maximum Gasteiger partial charge on any atom is 0.230 e. The molecule has 122 valence electrons. The minimum Gasteiger partial charge on any atom is -0.357 e. The minimum absolute atomic E-state index is 0.0850. The van der Waals surface area contributed by atoms with Crippen molar-refractivity contribution < 1.29 is 9.18 Å². The largest absolute Gasteiger partial charge is 0.357 e. The van der Waals surface area contributed by atoms with Crippen LogP contribution in [0.5, 0.6) is 0 Å². The smallest absolute Gasteiger partial charge is 0.230 e. The maximum absolute atomic E-state index is 13.4. The van der Waals surface area contributed by atoms with Crippen molar-refractivity contribution in [1.29, 1.82) is 0 Å². The molecule has 1 aliphatic rings. The van der Waals surface area contributed by atoms with E-state index in [1.807, 2.05) is 0 Å². The highest BCUT2D eigenvalue weighted by Gasteiger charge is 2.22. The number of carbonyl (C=O) groups is 1. The van der Waals surface area contributed by atoms with Gasteiger partial charge in [-0.1, -0.05) is 41.3 Å². The maximum atomic E-state index is 13.4. The molecule has 1 heterocycles. The number of amides is 1. The highest BCUT2D eigenvalue weighted by molar-refractivity contribution is 8.01. The third-order valence-corrected chi connectivity index (χ3v) is 5.30. The van der Waals surface area contributed by atoms with Gasteiger partial charge in [0.25, 0.3) is 0 Å². The average molecular weight is 352 g/mol. The van der Waals surface area contributed by atoms with Gasteiger partial charge in [-0.15, -0.1) is 10.2 Å². The highest BCUT2D eigenvalue weighted by Crippen LogP contribution is 2.29. The second-order valence-corrected chi connectivity index (χ2v) is 7.47. The summed E-state index contributed by atoms with van der Waals surface area (Å²) in [6.45, 7) is 0.422. The first kappa shape index (κ1) is 16.2.